The average molecular weight is 227 g/mol. The summed E-state index contributed by atoms with van der Waals surface area (Å²) in [6, 6.07) is 6.15. The summed E-state index contributed by atoms with van der Waals surface area (Å²) in [4.78, 5) is 8.78. The molecule has 2 aromatic heterocycles. The van der Waals surface area contributed by atoms with E-state index in [1.807, 2.05) is 26.2 Å². The minimum Gasteiger partial charge on any atom is -0.480 e. The van der Waals surface area contributed by atoms with E-state index in [4.69, 9.17) is 4.74 Å². The van der Waals surface area contributed by atoms with Crippen molar-refractivity contribution < 1.29 is 4.74 Å². The van der Waals surface area contributed by atoms with Crippen molar-refractivity contribution in [2.75, 3.05) is 7.11 Å². The van der Waals surface area contributed by atoms with Crippen LogP contribution in [0.1, 0.15) is 5.82 Å². The van der Waals surface area contributed by atoms with Gasteiger partial charge in [0.05, 0.1) is 18.0 Å². The number of aromatic nitrogens is 3. The van der Waals surface area contributed by atoms with Crippen molar-refractivity contribution in [3.63, 3.8) is 0 Å². The average Bonchev–Trinajstić information content (AvgIpc) is 2.69. The molecule has 3 rings (SSSR count). The van der Waals surface area contributed by atoms with Gasteiger partial charge in [0.15, 0.2) is 0 Å². The summed E-state index contributed by atoms with van der Waals surface area (Å²) in [5.74, 6) is 1.37. The Labute approximate surface area is 98.9 Å². The summed E-state index contributed by atoms with van der Waals surface area (Å²) in [5, 5.41) is 2.11. The Bertz CT molecular complexity index is 715. The van der Waals surface area contributed by atoms with E-state index >= 15 is 0 Å². The summed E-state index contributed by atoms with van der Waals surface area (Å²) in [6.45, 7) is 1.87. The summed E-state index contributed by atoms with van der Waals surface area (Å²) in [6.07, 6.45) is 2.03. The highest BCUT2D eigenvalue weighted by molar-refractivity contribution is 6.07. The summed E-state index contributed by atoms with van der Waals surface area (Å²) < 4.78 is 7.44. The lowest BCUT2D eigenvalue weighted by Gasteiger charge is -2.07. The van der Waals surface area contributed by atoms with Crippen LogP contribution in [0.3, 0.4) is 0 Å². The van der Waals surface area contributed by atoms with Crippen LogP contribution in [-0.4, -0.2) is 21.6 Å². The molecule has 4 nitrogen and oxygen atoms in total. The predicted octanol–water partition coefficient (Wildman–Crippen LogP) is 2.44. The second kappa shape index (κ2) is 3.45. The zero-order chi connectivity index (χ0) is 12.0. The van der Waals surface area contributed by atoms with Crippen molar-refractivity contribution in [2.24, 2.45) is 7.05 Å². The van der Waals surface area contributed by atoms with Crippen LogP contribution in [0.2, 0.25) is 0 Å². The first kappa shape index (κ1) is 10.1. The Balaban J connectivity index is 2.56. The van der Waals surface area contributed by atoms with E-state index in [0.29, 0.717) is 5.88 Å². The molecule has 0 aliphatic carbocycles. The Hall–Kier alpha value is -2.10. The van der Waals surface area contributed by atoms with Gasteiger partial charge < -0.3 is 9.30 Å². The van der Waals surface area contributed by atoms with E-state index in [1.165, 1.54) is 0 Å². The highest BCUT2D eigenvalue weighted by atomic mass is 16.5. The molecule has 86 valence electrons. The van der Waals surface area contributed by atoms with Crippen LogP contribution in [0, 0.1) is 6.92 Å². The molecular weight excluding hydrogens is 214 g/mol. The Morgan fingerprint density at radius 1 is 1.18 bits per heavy atom. The van der Waals surface area contributed by atoms with E-state index in [2.05, 4.69) is 26.7 Å². The van der Waals surface area contributed by atoms with Gasteiger partial charge in [0.25, 0.3) is 0 Å². The molecule has 3 aromatic rings. The van der Waals surface area contributed by atoms with Crippen LogP contribution in [0.15, 0.2) is 24.4 Å². The van der Waals surface area contributed by atoms with E-state index in [9.17, 15) is 0 Å². The molecule has 17 heavy (non-hydrogen) atoms. The maximum absolute atomic E-state index is 5.37. The van der Waals surface area contributed by atoms with Crippen LogP contribution >= 0.6 is 0 Å². The second-order valence-electron chi connectivity index (χ2n) is 4.10. The Morgan fingerprint density at radius 2 is 2.00 bits per heavy atom. The van der Waals surface area contributed by atoms with Gasteiger partial charge in [-0.2, -0.15) is 4.98 Å². The molecule has 0 amide bonds. The normalized spacial score (nSPS) is 11.2. The van der Waals surface area contributed by atoms with Crippen molar-refractivity contribution in [3.8, 4) is 5.88 Å². The topological polar surface area (TPSA) is 39.9 Å². The number of rotatable bonds is 1. The molecule has 0 fully saturated rings. The van der Waals surface area contributed by atoms with E-state index in [-0.39, 0.29) is 0 Å². The first-order valence-electron chi connectivity index (χ1n) is 5.47. The SMILES string of the molecule is COc1nc(C)nc2ccc3c(ccn3C)c12. The van der Waals surface area contributed by atoms with Gasteiger partial charge in [-0.1, -0.05) is 0 Å². The van der Waals surface area contributed by atoms with Gasteiger partial charge in [-0.15, -0.1) is 0 Å². The third kappa shape index (κ3) is 1.37. The number of nitrogens with zero attached hydrogens (tertiary/aromatic N) is 3. The van der Waals surface area contributed by atoms with Gasteiger partial charge >= 0.3 is 0 Å². The zero-order valence-electron chi connectivity index (χ0n) is 10.1. The quantitative estimate of drug-likeness (QED) is 0.641. The third-order valence-corrected chi connectivity index (χ3v) is 3.00. The fraction of sp³-hybridized carbons (Fsp3) is 0.231. The van der Waals surface area contributed by atoms with Crippen molar-refractivity contribution in [1.29, 1.82) is 0 Å². The molecule has 2 heterocycles. The number of fused-ring (bicyclic) bond motifs is 3. The van der Waals surface area contributed by atoms with Gasteiger partial charge in [0.2, 0.25) is 5.88 Å². The second-order valence-corrected chi connectivity index (χ2v) is 4.10. The van der Waals surface area contributed by atoms with Gasteiger partial charge in [-0.25, -0.2) is 4.98 Å². The number of hydrogen-bond donors (Lipinski definition) is 0. The van der Waals surface area contributed by atoms with Crippen LogP contribution in [0.25, 0.3) is 21.8 Å². The molecular formula is C13H13N3O. The van der Waals surface area contributed by atoms with Gasteiger partial charge in [-0.3, -0.25) is 0 Å². The molecule has 0 spiro atoms. The lowest BCUT2D eigenvalue weighted by Crippen LogP contribution is -1.96. The number of aryl methyl sites for hydroxylation is 2. The van der Waals surface area contributed by atoms with Crippen molar-refractivity contribution >= 4 is 21.8 Å². The summed E-state index contributed by atoms with van der Waals surface area (Å²) in [5.41, 5.74) is 2.08. The summed E-state index contributed by atoms with van der Waals surface area (Å²) in [7, 11) is 3.67. The predicted molar refractivity (Wildman–Crippen MR) is 67.3 cm³/mol. The smallest absolute Gasteiger partial charge is 0.225 e. The Morgan fingerprint density at radius 3 is 2.76 bits per heavy atom. The molecule has 1 aromatic carbocycles. The highest BCUT2D eigenvalue weighted by Gasteiger charge is 2.11. The van der Waals surface area contributed by atoms with Crippen molar-refractivity contribution in [3.05, 3.63) is 30.2 Å². The van der Waals surface area contributed by atoms with Crippen molar-refractivity contribution in [1.82, 2.24) is 14.5 Å². The molecule has 0 unspecified atom stereocenters. The molecule has 0 N–H and O–H groups in total. The number of methoxy groups -OCH3 is 1. The zero-order valence-corrected chi connectivity index (χ0v) is 10.1. The summed E-state index contributed by atoms with van der Waals surface area (Å²) >= 11 is 0. The fourth-order valence-corrected chi connectivity index (χ4v) is 2.21. The minimum atomic E-state index is 0.643. The largest absolute Gasteiger partial charge is 0.480 e. The van der Waals surface area contributed by atoms with Crippen LogP contribution in [-0.2, 0) is 7.05 Å². The van der Waals surface area contributed by atoms with Gasteiger partial charge in [0, 0.05) is 24.1 Å². The van der Waals surface area contributed by atoms with E-state index in [1.54, 1.807) is 7.11 Å². The van der Waals surface area contributed by atoms with Crippen molar-refractivity contribution in [2.45, 2.75) is 6.92 Å². The van der Waals surface area contributed by atoms with E-state index < -0.39 is 0 Å². The maximum atomic E-state index is 5.37. The van der Waals surface area contributed by atoms with Gasteiger partial charge in [0.1, 0.15) is 5.82 Å². The molecule has 0 atom stereocenters. The molecule has 0 bridgehead atoms. The first-order valence-corrected chi connectivity index (χ1v) is 5.47. The Kier molecular flexibility index (Phi) is 2.04. The highest BCUT2D eigenvalue weighted by Crippen LogP contribution is 2.30. The van der Waals surface area contributed by atoms with Gasteiger partial charge in [-0.05, 0) is 25.1 Å². The van der Waals surface area contributed by atoms with Crippen LogP contribution in [0.4, 0.5) is 0 Å². The van der Waals surface area contributed by atoms with Crippen LogP contribution < -0.4 is 4.74 Å². The molecule has 0 saturated heterocycles. The minimum absolute atomic E-state index is 0.643. The first-order chi connectivity index (χ1) is 8.20. The molecule has 4 heteroatoms. The molecule has 0 aliphatic rings. The fourth-order valence-electron chi connectivity index (χ4n) is 2.21. The number of hydrogen-bond acceptors (Lipinski definition) is 3. The third-order valence-electron chi connectivity index (χ3n) is 3.00. The lowest BCUT2D eigenvalue weighted by atomic mass is 10.1. The number of ether oxygens (including phenoxy) is 1. The molecule has 0 aliphatic heterocycles. The number of benzene rings is 1. The van der Waals surface area contributed by atoms with E-state index in [0.717, 1.165) is 27.6 Å². The lowest BCUT2D eigenvalue weighted by molar-refractivity contribution is 0.402. The molecule has 0 saturated carbocycles. The monoisotopic (exact) mass is 227 g/mol. The maximum Gasteiger partial charge on any atom is 0.225 e. The standard InChI is InChI=1S/C13H13N3O/c1-8-14-10-4-5-11-9(6-7-16(11)2)12(10)13(15-8)17-3/h4-7H,1-3H3. The van der Waals surface area contributed by atoms with Crippen LogP contribution in [0.5, 0.6) is 5.88 Å². The molecule has 0 radical (unpaired) electrons.